The Hall–Kier alpha value is -1.03. The van der Waals surface area contributed by atoms with Crippen molar-refractivity contribution in [2.24, 2.45) is 5.73 Å². The SMILES string of the molecule is NC(=O)c1sc2c(c1N)CCCC2. The van der Waals surface area contributed by atoms with Gasteiger partial charge in [-0.3, -0.25) is 4.79 Å². The summed E-state index contributed by atoms with van der Waals surface area (Å²) in [6.45, 7) is 0. The Morgan fingerprint density at radius 1 is 1.31 bits per heavy atom. The van der Waals surface area contributed by atoms with Crippen molar-refractivity contribution in [3.8, 4) is 0 Å². The molecular weight excluding hydrogens is 184 g/mol. The number of hydrogen-bond donors (Lipinski definition) is 2. The zero-order valence-electron chi connectivity index (χ0n) is 7.30. The summed E-state index contributed by atoms with van der Waals surface area (Å²) in [5.74, 6) is -0.392. The van der Waals surface area contributed by atoms with Crippen LogP contribution in [0.15, 0.2) is 0 Å². The zero-order valence-corrected chi connectivity index (χ0v) is 8.12. The Bertz CT molecular complexity index is 357. The average molecular weight is 196 g/mol. The standard InChI is InChI=1S/C9H12N2OS/c10-7-5-3-1-2-4-6(5)13-8(7)9(11)12/h1-4,10H2,(H2,11,12). The number of nitrogens with two attached hydrogens (primary N) is 2. The Morgan fingerprint density at radius 2 is 2.00 bits per heavy atom. The molecule has 0 radical (unpaired) electrons. The molecular formula is C9H12N2OS. The molecule has 70 valence electrons. The first-order valence-electron chi connectivity index (χ1n) is 4.40. The van der Waals surface area contributed by atoms with Crippen molar-refractivity contribution in [3.05, 3.63) is 15.3 Å². The number of aryl methyl sites for hydroxylation is 1. The van der Waals surface area contributed by atoms with Crippen LogP contribution in [-0.2, 0) is 12.8 Å². The van der Waals surface area contributed by atoms with Gasteiger partial charge in [-0.1, -0.05) is 0 Å². The maximum atomic E-state index is 11.0. The van der Waals surface area contributed by atoms with Crippen LogP contribution in [0.25, 0.3) is 0 Å². The molecule has 4 heteroatoms. The maximum absolute atomic E-state index is 11.0. The lowest BCUT2D eigenvalue weighted by Crippen LogP contribution is -2.11. The second-order valence-corrected chi connectivity index (χ2v) is 4.42. The molecule has 13 heavy (non-hydrogen) atoms. The topological polar surface area (TPSA) is 69.1 Å². The average Bonchev–Trinajstić information content (AvgIpc) is 2.45. The number of carbonyl (C=O) groups is 1. The summed E-state index contributed by atoms with van der Waals surface area (Å²) in [7, 11) is 0. The van der Waals surface area contributed by atoms with E-state index in [0.29, 0.717) is 10.6 Å². The van der Waals surface area contributed by atoms with Crippen molar-refractivity contribution >= 4 is 22.9 Å². The summed E-state index contributed by atoms with van der Waals surface area (Å²) in [5, 5.41) is 0. The van der Waals surface area contributed by atoms with Crippen LogP contribution in [0.2, 0.25) is 0 Å². The van der Waals surface area contributed by atoms with E-state index in [2.05, 4.69) is 0 Å². The van der Waals surface area contributed by atoms with Gasteiger partial charge < -0.3 is 11.5 Å². The van der Waals surface area contributed by atoms with Crippen molar-refractivity contribution in [1.82, 2.24) is 0 Å². The third-order valence-electron chi connectivity index (χ3n) is 2.44. The third kappa shape index (κ3) is 1.31. The molecule has 0 aromatic carbocycles. The number of primary amides is 1. The van der Waals surface area contributed by atoms with E-state index in [9.17, 15) is 4.79 Å². The number of rotatable bonds is 1. The van der Waals surface area contributed by atoms with E-state index in [1.165, 1.54) is 34.6 Å². The number of hydrogen-bond acceptors (Lipinski definition) is 3. The summed E-state index contributed by atoms with van der Waals surface area (Å²) < 4.78 is 0. The van der Waals surface area contributed by atoms with Gasteiger partial charge >= 0.3 is 0 Å². The highest BCUT2D eigenvalue weighted by Crippen LogP contribution is 2.35. The van der Waals surface area contributed by atoms with Crippen molar-refractivity contribution in [1.29, 1.82) is 0 Å². The summed E-state index contributed by atoms with van der Waals surface area (Å²) >= 11 is 1.47. The van der Waals surface area contributed by atoms with Gasteiger partial charge in [0.25, 0.3) is 5.91 Å². The highest BCUT2D eigenvalue weighted by Gasteiger charge is 2.20. The number of fused-ring (bicyclic) bond motifs is 1. The number of anilines is 1. The van der Waals surface area contributed by atoms with E-state index < -0.39 is 5.91 Å². The minimum atomic E-state index is -0.392. The van der Waals surface area contributed by atoms with Gasteiger partial charge in [-0.2, -0.15) is 0 Å². The molecule has 1 aromatic heterocycles. The van der Waals surface area contributed by atoms with Gasteiger partial charge in [-0.15, -0.1) is 11.3 Å². The molecule has 0 unspecified atom stereocenters. The van der Waals surface area contributed by atoms with E-state index in [0.717, 1.165) is 12.8 Å². The largest absolute Gasteiger partial charge is 0.397 e. The highest BCUT2D eigenvalue weighted by molar-refractivity contribution is 7.14. The first-order valence-corrected chi connectivity index (χ1v) is 5.21. The molecule has 0 spiro atoms. The lowest BCUT2D eigenvalue weighted by atomic mass is 9.98. The summed E-state index contributed by atoms with van der Waals surface area (Å²) in [5.41, 5.74) is 12.9. The maximum Gasteiger partial charge on any atom is 0.260 e. The van der Waals surface area contributed by atoms with Crippen molar-refractivity contribution in [2.45, 2.75) is 25.7 Å². The molecule has 1 amide bonds. The molecule has 1 aromatic rings. The molecule has 4 N–H and O–H groups in total. The number of nitrogen functional groups attached to an aromatic ring is 1. The van der Waals surface area contributed by atoms with Gasteiger partial charge in [0.1, 0.15) is 4.88 Å². The van der Waals surface area contributed by atoms with Crippen LogP contribution in [0.1, 0.15) is 33.0 Å². The summed E-state index contributed by atoms with van der Waals surface area (Å²) in [6.07, 6.45) is 4.43. The monoisotopic (exact) mass is 196 g/mol. The molecule has 1 aliphatic carbocycles. The molecule has 0 bridgehead atoms. The molecule has 0 saturated carbocycles. The fourth-order valence-corrected chi connectivity index (χ4v) is 2.94. The second kappa shape index (κ2) is 3.03. The third-order valence-corrected chi connectivity index (χ3v) is 3.76. The molecule has 0 aliphatic heterocycles. The normalized spacial score (nSPS) is 15.4. The molecule has 1 aliphatic rings. The fraction of sp³-hybridized carbons (Fsp3) is 0.444. The quantitative estimate of drug-likeness (QED) is 0.711. The van der Waals surface area contributed by atoms with Gasteiger partial charge in [-0.05, 0) is 31.2 Å². The Labute approximate surface area is 80.7 Å². The molecule has 3 nitrogen and oxygen atoms in total. The van der Waals surface area contributed by atoms with E-state index in [4.69, 9.17) is 11.5 Å². The molecule has 0 atom stereocenters. The number of thiophene rings is 1. The minimum Gasteiger partial charge on any atom is -0.397 e. The van der Waals surface area contributed by atoms with E-state index >= 15 is 0 Å². The smallest absolute Gasteiger partial charge is 0.260 e. The molecule has 2 rings (SSSR count). The van der Waals surface area contributed by atoms with Gasteiger partial charge in [0, 0.05) is 4.88 Å². The van der Waals surface area contributed by atoms with Crippen LogP contribution in [0.4, 0.5) is 5.69 Å². The van der Waals surface area contributed by atoms with Crippen molar-refractivity contribution in [3.63, 3.8) is 0 Å². The predicted octanol–water partition coefficient (Wildman–Crippen LogP) is 1.31. The van der Waals surface area contributed by atoms with Crippen LogP contribution < -0.4 is 11.5 Å². The van der Waals surface area contributed by atoms with Gasteiger partial charge in [0.2, 0.25) is 0 Å². The lowest BCUT2D eigenvalue weighted by molar-refractivity contribution is 0.100. The Balaban J connectivity index is 2.50. The van der Waals surface area contributed by atoms with Gasteiger partial charge in [-0.25, -0.2) is 0 Å². The van der Waals surface area contributed by atoms with Crippen molar-refractivity contribution in [2.75, 3.05) is 5.73 Å². The predicted molar refractivity (Wildman–Crippen MR) is 53.9 cm³/mol. The highest BCUT2D eigenvalue weighted by atomic mass is 32.1. The number of carbonyl (C=O) groups excluding carboxylic acids is 1. The minimum absolute atomic E-state index is 0.392. The van der Waals surface area contributed by atoms with E-state index in [1.54, 1.807) is 0 Å². The van der Waals surface area contributed by atoms with Crippen LogP contribution in [0.5, 0.6) is 0 Å². The van der Waals surface area contributed by atoms with Crippen LogP contribution in [0, 0.1) is 0 Å². The molecule has 1 heterocycles. The zero-order chi connectivity index (χ0) is 9.42. The van der Waals surface area contributed by atoms with E-state index in [1.807, 2.05) is 0 Å². The fourth-order valence-electron chi connectivity index (χ4n) is 1.77. The van der Waals surface area contributed by atoms with Gasteiger partial charge in [0.05, 0.1) is 5.69 Å². The molecule has 0 fully saturated rings. The van der Waals surface area contributed by atoms with Gasteiger partial charge in [0.15, 0.2) is 0 Å². The second-order valence-electron chi connectivity index (χ2n) is 3.32. The first kappa shape index (κ1) is 8.56. The first-order chi connectivity index (χ1) is 6.20. The van der Waals surface area contributed by atoms with E-state index in [-0.39, 0.29) is 0 Å². The summed E-state index contributed by atoms with van der Waals surface area (Å²) in [4.78, 5) is 12.8. The summed E-state index contributed by atoms with van der Waals surface area (Å²) in [6, 6.07) is 0. The Kier molecular flexibility index (Phi) is 2.00. The lowest BCUT2D eigenvalue weighted by Gasteiger charge is -2.10. The van der Waals surface area contributed by atoms with Crippen molar-refractivity contribution < 1.29 is 4.79 Å². The molecule has 0 saturated heterocycles. The number of amides is 1. The van der Waals surface area contributed by atoms with Crippen LogP contribution in [-0.4, -0.2) is 5.91 Å². The Morgan fingerprint density at radius 3 is 2.62 bits per heavy atom. The van der Waals surface area contributed by atoms with Crippen LogP contribution >= 0.6 is 11.3 Å². The van der Waals surface area contributed by atoms with Crippen LogP contribution in [0.3, 0.4) is 0 Å².